The molecule has 1 atom stereocenters. The molecule has 1 N–H and O–H groups in total. The molecule has 1 aliphatic heterocycles. The number of hydrogen-bond acceptors (Lipinski definition) is 3. The van der Waals surface area contributed by atoms with Crippen LogP contribution in [0.5, 0.6) is 0 Å². The van der Waals surface area contributed by atoms with E-state index in [1.54, 1.807) is 12.1 Å². The second-order valence-electron chi connectivity index (χ2n) is 3.34. The fourth-order valence-corrected chi connectivity index (χ4v) is 2.14. The van der Waals surface area contributed by atoms with Gasteiger partial charge in [-0.1, -0.05) is 11.6 Å². The molecule has 0 aromatic heterocycles. The van der Waals surface area contributed by atoms with Crippen LogP contribution in [0.1, 0.15) is 12.5 Å². The molecule has 15 heavy (non-hydrogen) atoms. The van der Waals surface area contributed by atoms with Crippen LogP contribution in [0.2, 0.25) is 5.02 Å². The zero-order valence-corrected chi connectivity index (χ0v) is 10.1. The third-order valence-electron chi connectivity index (χ3n) is 2.38. The van der Waals surface area contributed by atoms with Crippen molar-refractivity contribution in [1.82, 2.24) is 0 Å². The number of aliphatic imine (C=N–C) groups is 1. The summed E-state index contributed by atoms with van der Waals surface area (Å²) in [6.45, 7) is 1.30. The van der Waals surface area contributed by atoms with Gasteiger partial charge in [0.25, 0.3) is 0 Å². The first-order valence-electron chi connectivity index (χ1n) is 4.24. The van der Waals surface area contributed by atoms with E-state index in [-0.39, 0.29) is 0 Å². The minimum atomic E-state index is -1.68. The van der Waals surface area contributed by atoms with E-state index >= 15 is 0 Å². The average molecular weight is 289 g/mol. The largest absolute Gasteiger partial charge is 0.372 e. The molecule has 0 radical (unpaired) electrons. The Morgan fingerprint density at radius 3 is 2.87 bits per heavy atom. The lowest BCUT2D eigenvalue weighted by Crippen LogP contribution is -2.33. The Morgan fingerprint density at radius 1 is 1.60 bits per heavy atom. The lowest BCUT2D eigenvalue weighted by atomic mass is 9.92. The Bertz CT molecular complexity index is 487. The van der Waals surface area contributed by atoms with E-state index in [2.05, 4.69) is 20.9 Å². The fraction of sp³-hybridized carbons (Fsp3) is 0.200. The maximum absolute atomic E-state index is 11.4. The summed E-state index contributed by atoms with van der Waals surface area (Å²) in [6, 6.07) is 3.42. The Morgan fingerprint density at radius 2 is 2.27 bits per heavy atom. The third-order valence-corrected chi connectivity index (χ3v) is 3.66. The number of Topliss-reactive ketones (excluding diaryl/α,β-unsaturated/α-hetero) is 1. The van der Waals surface area contributed by atoms with Crippen molar-refractivity contribution < 1.29 is 9.90 Å². The maximum atomic E-state index is 11.4. The van der Waals surface area contributed by atoms with Gasteiger partial charge in [-0.25, -0.2) is 0 Å². The number of benzene rings is 1. The highest BCUT2D eigenvalue weighted by Crippen LogP contribution is 2.43. The summed E-state index contributed by atoms with van der Waals surface area (Å²) in [6.07, 6.45) is 1.22. The number of halogens is 2. The molecular weight excluding hydrogens is 281 g/mol. The normalized spacial score (nSPS) is 22.9. The van der Waals surface area contributed by atoms with Gasteiger partial charge in [0.15, 0.2) is 11.4 Å². The molecule has 0 saturated heterocycles. The summed E-state index contributed by atoms with van der Waals surface area (Å²) >= 11 is 9.27. The summed E-state index contributed by atoms with van der Waals surface area (Å²) < 4.78 is 0.632. The van der Waals surface area contributed by atoms with Crippen molar-refractivity contribution in [3.05, 3.63) is 27.2 Å². The summed E-state index contributed by atoms with van der Waals surface area (Å²) in [5.41, 5.74) is -0.803. The monoisotopic (exact) mass is 287 g/mol. The summed E-state index contributed by atoms with van der Waals surface area (Å²) in [5.74, 6) is -0.398. The van der Waals surface area contributed by atoms with E-state index in [1.807, 2.05) is 0 Å². The van der Waals surface area contributed by atoms with E-state index in [4.69, 9.17) is 11.6 Å². The standard InChI is InChI=1S/C10H7BrClNO2/c1-5(14)10(15)4-13-7-3-2-6(11)9(12)8(7)10/h2-4,15H,1H3. The highest BCUT2D eigenvalue weighted by Gasteiger charge is 2.41. The van der Waals surface area contributed by atoms with Crippen LogP contribution >= 0.6 is 27.5 Å². The van der Waals surface area contributed by atoms with Gasteiger partial charge >= 0.3 is 0 Å². The molecule has 0 amide bonds. The van der Waals surface area contributed by atoms with Crippen molar-refractivity contribution in [2.24, 2.45) is 4.99 Å². The number of nitrogens with zero attached hydrogens (tertiary/aromatic N) is 1. The Labute approximate surface area is 99.9 Å². The van der Waals surface area contributed by atoms with Crippen LogP contribution in [-0.4, -0.2) is 17.1 Å². The van der Waals surface area contributed by atoms with Crippen LogP contribution in [0.4, 0.5) is 5.69 Å². The summed E-state index contributed by atoms with van der Waals surface area (Å²) in [5, 5.41) is 10.4. The maximum Gasteiger partial charge on any atom is 0.187 e. The Balaban J connectivity index is 2.73. The molecule has 1 heterocycles. The first kappa shape index (κ1) is 10.8. The quantitative estimate of drug-likeness (QED) is 0.863. The summed E-state index contributed by atoms with van der Waals surface area (Å²) in [4.78, 5) is 15.4. The van der Waals surface area contributed by atoms with Gasteiger partial charge in [0.05, 0.1) is 10.7 Å². The zero-order chi connectivity index (χ0) is 11.2. The van der Waals surface area contributed by atoms with Crippen LogP contribution in [-0.2, 0) is 10.4 Å². The summed E-state index contributed by atoms with van der Waals surface area (Å²) in [7, 11) is 0. The lowest BCUT2D eigenvalue weighted by Gasteiger charge is -2.18. The van der Waals surface area contributed by atoms with E-state index in [1.165, 1.54) is 13.1 Å². The van der Waals surface area contributed by atoms with E-state index in [9.17, 15) is 9.90 Å². The first-order chi connectivity index (χ1) is 6.97. The number of carbonyl (C=O) groups excluding carboxylic acids is 1. The van der Waals surface area contributed by atoms with Gasteiger partial charge in [-0.05, 0) is 35.0 Å². The lowest BCUT2D eigenvalue weighted by molar-refractivity contribution is -0.129. The van der Waals surface area contributed by atoms with E-state index < -0.39 is 11.4 Å². The van der Waals surface area contributed by atoms with Crippen molar-refractivity contribution >= 4 is 45.2 Å². The van der Waals surface area contributed by atoms with Crippen LogP contribution in [0, 0.1) is 0 Å². The van der Waals surface area contributed by atoms with Crippen molar-refractivity contribution in [3.63, 3.8) is 0 Å². The van der Waals surface area contributed by atoms with Crippen molar-refractivity contribution in [2.75, 3.05) is 0 Å². The molecule has 78 valence electrons. The van der Waals surface area contributed by atoms with E-state index in [0.29, 0.717) is 20.7 Å². The molecule has 1 aromatic carbocycles. The van der Waals surface area contributed by atoms with Crippen molar-refractivity contribution in [3.8, 4) is 0 Å². The number of aliphatic hydroxyl groups is 1. The molecular formula is C10H7BrClNO2. The molecule has 0 bridgehead atoms. The first-order valence-corrected chi connectivity index (χ1v) is 5.41. The molecule has 0 fully saturated rings. The molecule has 1 aromatic rings. The highest BCUT2D eigenvalue weighted by molar-refractivity contribution is 9.10. The number of hydrogen-bond donors (Lipinski definition) is 1. The molecule has 5 heteroatoms. The van der Waals surface area contributed by atoms with Crippen LogP contribution < -0.4 is 0 Å². The second-order valence-corrected chi connectivity index (χ2v) is 4.57. The number of rotatable bonds is 1. The van der Waals surface area contributed by atoms with Crippen LogP contribution in [0.15, 0.2) is 21.6 Å². The number of fused-ring (bicyclic) bond motifs is 1. The molecule has 3 nitrogen and oxygen atoms in total. The molecule has 0 spiro atoms. The molecule has 1 aliphatic rings. The molecule has 2 rings (SSSR count). The topological polar surface area (TPSA) is 49.7 Å². The van der Waals surface area contributed by atoms with Gasteiger partial charge in [0.1, 0.15) is 0 Å². The highest BCUT2D eigenvalue weighted by atomic mass is 79.9. The van der Waals surface area contributed by atoms with Gasteiger partial charge in [-0.15, -0.1) is 0 Å². The van der Waals surface area contributed by atoms with Gasteiger partial charge in [0, 0.05) is 16.3 Å². The predicted octanol–water partition coefficient (Wildman–Crippen LogP) is 2.60. The smallest absolute Gasteiger partial charge is 0.187 e. The minimum absolute atomic E-state index is 0.322. The molecule has 0 saturated carbocycles. The van der Waals surface area contributed by atoms with Crippen molar-refractivity contribution in [2.45, 2.75) is 12.5 Å². The Hall–Kier alpha value is -0.710. The average Bonchev–Trinajstić information content (AvgIpc) is 2.52. The zero-order valence-electron chi connectivity index (χ0n) is 7.79. The van der Waals surface area contributed by atoms with Crippen LogP contribution in [0.3, 0.4) is 0 Å². The Kier molecular flexibility index (Phi) is 2.45. The fourth-order valence-electron chi connectivity index (χ4n) is 1.51. The van der Waals surface area contributed by atoms with Gasteiger partial charge in [0.2, 0.25) is 0 Å². The second kappa shape index (κ2) is 3.40. The van der Waals surface area contributed by atoms with Crippen molar-refractivity contribution in [1.29, 1.82) is 0 Å². The predicted molar refractivity (Wildman–Crippen MR) is 61.9 cm³/mol. The minimum Gasteiger partial charge on any atom is -0.372 e. The SMILES string of the molecule is CC(=O)C1(O)C=Nc2ccc(Br)c(Cl)c21. The number of carbonyl (C=O) groups is 1. The molecule has 0 aliphatic carbocycles. The molecule has 1 unspecified atom stereocenters. The van der Waals surface area contributed by atoms with Gasteiger partial charge < -0.3 is 5.11 Å². The van der Waals surface area contributed by atoms with Gasteiger partial charge in [-0.2, -0.15) is 0 Å². The van der Waals surface area contributed by atoms with Gasteiger partial charge in [-0.3, -0.25) is 9.79 Å². The van der Waals surface area contributed by atoms with Crippen LogP contribution in [0.25, 0.3) is 0 Å². The van der Waals surface area contributed by atoms with E-state index in [0.717, 1.165) is 0 Å². The number of ketones is 1. The third kappa shape index (κ3) is 1.44.